The molecule has 4 fully saturated rings. The number of halogens is 1. The second-order valence-corrected chi connectivity index (χ2v) is 14.6. The molecule has 0 radical (unpaired) electrons. The van der Waals surface area contributed by atoms with Crippen molar-refractivity contribution in [3.8, 4) is 0 Å². The molecule has 4 saturated heterocycles. The van der Waals surface area contributed by atoms with Crippen LogP contribution in [0.5, 0.6) is 0 Å². The Morgan fingerprint density at radius 2 is 1.43 bits per heavy atom. The standard InChI is InChI=1S/C38H46ClN7O8/c1-23-34(49)46-20-10-17-31(46)37(52)54-22-28(35(50)45-19-9-16-30(45)36(51)44-18-8-7-15-29(44)33(48)40-23)41-32(47)27(21-24-11-3-2-4-12-24)43-38(53)42-26-14-6-5-13-25(26)39/h2-6,11-14,23,27-31H,7-10,15-22H2,1H3,(H,40,48)(H,41,47)(H2,42,43,53)/t23-,27-,28-,29-,30-,31-/m0/s1. The van der Waals surface area contributed by atoms with E-state index in [4.69, 9.17) is 16.3 Å². The minimum Gasteiger partial charge on any atom is -0.461 e. The molecule has 4 aliphatic heterocycles. The molecule has 15 nitrogen and oxygen atoms in total. The Hall–Kier alpha value is -5.18. The third-order valence-electron chi connectivity index (χ3n) is 10.5. The fourth-order valence-corrected chi connectivity index (χ4v) is 7.87. The lowest BCUT2D eigenvalue weighted by Gasteiger charge is -2.39. The summed E-state index contributed by atoms with van der Waals surface area (Å²) in [5, 5.41) is 11.1. The van der Waals surface area contributed by atoms with E-state index in [1.54, 1.807) is 55.5 Å². The topological polar surface area (TPSA) is 187 Å². The normalized spacial score (nSPS) is 25.9. The number of esters is 1. The fourth-order valence-electron chi connectivity index (χ4n) is 7.69. The maximum Gasteiger partial charge on any atom is 0.328 e. The number of anilines is 1. The Morgan fingerprint density at radius 3 is 2.17 bits per heavy atom. The SMILES string of the molecule is C[C@@H]1NC(=O)[C@@H]2CCCCN2C(=O)[C@@H]2CCCN2C(=O)[C@@H](NC(=O)[C@H](Cc2ccccc2)NC(=O)Nc2ccccc2Cl)COC(=O)[C@@H]2CCCN2C1=O. The van der Waals surface area contributed by atoms with Crippen LogP contribution in [0.1, 0.15) is 57.4 Å². The molecular weight excluding hydrogens is 718 g/mol. The number of piperidine rings is 1. The van der Waals surface area contributed by atoms with Gasteiger partial charge in [-0.3, -0.25) is 24.0 Å². The Labute approximate surface area is 318 Å². The van der Waals surface area contributed by atoms with E-state index in [2.05, 4.69) is 21.3 Å². The maximum atomic E-state index is 14.4. The average Bonchev–Trinajstić information content (AvgIpc) is 3.87. The molecule has 54 heavy (non-hydrogen) atoms. The Morgan fingerprint density at radius 1 is 0.796 bits per heavy atom. The van der Waals surface area contributed by atoms with Crippen molar-refractivity contribution in [3.63, 3.8) is 0 Å². The first-order chi connectivity index (χ1) is 26.0. The smallest absolute Gasteiger partial charge is 0.328 e. The third kappa shape index (κ3) is 8.78. The van der Waals surface area contributed by atoms with Gasteiger partial charge in [0.1, 0.15) is 42.9 Å². The van der Waals surface area contributed by atoms with E-state index >= 15 is 0 Å². The van der Waals surface area contributed by atoms with Crippen LogP contribution < -0.4 is 21.3 Å². The van der Waals surface area contributed by atoms with Gasteiger partial charge in [0, 0.05) is 26.1 Å². The van der Waals surface area contributed by atoms with Gasteiger partial charge in [0.15, 0.2) is 0 Å². The number of amides is 7. The Balaban J connectivity index is 1.29. The van der Waals surface area contributed by atoms with Crippen LogP contribution in [0.4, 0.5) is 10.5 Å². The second kappa shape index (κ2) is 17.3. The number of nitrogens with zero attached hydrogens (tertiary/aromatic N) is 3. The molecule has 4 N–H and O–H groups in total. The van der Waals surface area contributed by atoms with E-state index in [9.17, 15) is 33.6 Å². The molecule has 0 unspecified atom stereocenters. The van der Waals surface area contributed by atoms with Crippen molar-refractivity contribution in [1.29, 1.82) is 0 Å². The summed E-state index contributed by atoms with van der Waals surface area (Å²) in [6.45, 7) is 1.75. The predicted molar refractivity (Wildman–Crippen MR) is 197 cm³/mol. The van der Waals surface area contributed by atoms with Crippen molar-refractivity contribution in [3.05, 3.63) is 65.2 Å². The molecule has 0 aliphatic carbocycles. The van der Waals surface area contributed by atoms with Crippen LogP contribution in [0, 0.1) is 0 Å². The number of carbonyl (C=O) groups is 7. The third-order valence-corrected chi connectivity index (χ3v) is 10.8. The first-order valence-corrected chi connectivity index (χ1v) is 18.9. The van der Waals surface area contributed by atoms with Crippen molar-refractivity contribution >= 4 is 58.8 Å². The largest absolute Gasteiger partial charge is 0.461 e. The highest BCUT2D eigenvalue weighted by Crippen LogP contribution is 2.27. The molecular formula is C38H46ClN7O8. The zero-order valence-corrected chi connectivity index (χ0v) is 30.9. The zero-order valence-electron chi connectivity index (χ0n) is 30.1. The van der Waals surface area contributed by atoms with Crippen LogP contribution >= 0.6 is 11.6 Å². The number of ether oxygens (including phenoxy) is 1. The van der Waals surface area contributed by atoms with Gasteiger partial charge < -0.3 is 40.7 Å². The quantitative estimate of drug-likeness (QED) is 0.322. The maximum absolute atomic E-state index is 14.4. The summed E-state index contributed by atoms with van der Waals surface area (Å²) in [6, 6.07) is 8.54. The van der Waals surface area contributed by atoms with Gasteiger partial charge in [-0.1, -0.05) is 54.1 Å². The van der Waals surface area contributed by atoms with Gasteiger partial charge in [-0.15, -0.1) is 0 Å². The molecule has 0 saturated carbocycles. The molecule has 4 aliphatic rings. The molecule has 0 bridgehead atoms. The van der Waals surface area contributed by atoms with E-state index in [1.807, 2.05) is 6.07 Å². The minimum absolute atomic E-state index is 0.0455. The molecule has 0 aromatic heterocycles. The summed E-state index contributed by atoms with van der Waals surface area (Å²) in [5.41, 5.74) is 1.04. The number of para-hydroxylation sites is 1. The predicted octanol–water partition coefficient (Wildman–Crippen LogP) is 1.98. The number of cyclic esters (lactones) is 1. The number of rotatable bonds is 6. The molecule has 6 atom stereocenters. The van der Waals surface area contributed by atoms with Crippen molar-refractivity contribution in [2.75, 3.05) is 31.6 Å². The van der Waals surface area contributed by atoms with E-state index in [0.717, 1.165) is 5.56 Å². The summed E-state index contributed by atoms with van der Waals surface area (Å²) in [4.78, 5) is 101. The van der Waals surface area contributed by atoms with E-state index < -0.39 is 84.4 Å². The van der Waals surface area contributed by atoms with E-state index in [-0.39, 0.29) is 19.5 Å². The molecule has 7 amide bonds. The molecule has 16 heteroatoms. The highest BCUT2D eigenvalue weighted by Gasteiger charge is 2.45. The summed E-state index contributed by atoms with van der Waals surface area (Å²) < 4.78 is 5.69. The lowest BCUT2D eigenvalue weighted by Crippen LogP contribution is -2.62. The lowest BCUT2D eigenvalue weighted by atomic mass is 9.99. The van der Waals surface area contributed by atoms with Gasteiger partial charge in [0.25, 0.3) is 0 Å². The Bertz CT molecular complexity index is 1760. The number of carbonyl (C=O) groups excluding carboxylic acids is 7. The van der Waals surface area contributed by atoms with E-state index in [1.165, 1.54) is 14.7 Å². The first kappa shape index (κ1) is 38.5. The van der Waals surface area contributed by atoms with E-state index in [0.29, 0.717) is 62.2 Å². The van der Waals surface area contributed by atoms with Crippen LogP contribution in [-0.2, 0) is 39.9 Å². The summed E-state index contributed by atoms with van der Waals surface area (Å²) in [7, 11) is 0. The molecule has 4 heterocycles. The van der Waals surface area contributed by atoms with Crippen LogP contribution in [0.25, 0.3) is 0 Å². The number of fused-ring (bicyclic) bond motifs is 3. The van der Waals surface area contributed by atoms with Gasteiger partial charge in [-0.2, -0.15) is 0 Å². The molecule has 2 aromatic carbocycles. The summed E-state index contributed by atoms with van der Waals surface area (Å²) in [6.07, 6.45) is 3.50. The zero-order chi connectivity index (χ0) is 38.4. The fraction of sp³-hybridized carbons (Fsp3) is 0.500. The highest BCUT2D eigenvalue weighted by atomic mass is 35.5. The number of hydrogen-bond acceptors (Lipinski definition) is 8. The number of urea groups is 1. The molecule has 2 aromatic rings. The van der Waals surface area contributed by atoms with Gasteiger partial charge in [0.05, 0.1) is 10.7 Å². The van der Waals surface area contributed by atoms with Crippen LogP contribution in [-0.4, -0.2) is 119 Å². The van der Waals surface area contributed by atoms with Gasteiger partial charge in [-0.25, -0.2) is 9.59 Å². The van der Waals surface area contributed by atoms with Gasteiger partial charge >= 0.3 is 12.0 Å². The van der Waals surface area contributed by atoms with Crippen LogP contribution in [0.15, 0.2) is 54.6 Å². The second-order valence-electron chi connectivity index (χ2n) is 14.2. The number of nitrogens with one attached hydrogen (secondary N) is 4. The first-order valence-electron chi connectivity index (χ1n) is 18.6. The number of hydrogen-bond donors (Lipinski definition) is 4. The summed E-state index contributed by atoms with van der Waals surface area (Å²) in [5.74, 6) is -3.47. The van der Waals surface area contributed by atoms with Gasteiger partial charge in [0.2, 0.25) is 29.5 Å². The average molecular weight is 764 g/mol. The van der Waals surface area contributed by atoms with Gasteiger partial charge in [-0.05, 0) is 69.6 Å². The number of benzene rings is 2. The minimum atomic E-state index is -1.45. The van der Waals surface area contributed by atoms with Crippen molar-refractivity contribution < 1.29 is 38.3 Å². The van der Waals surface area contributed by atoms with Crippen LogP contribution in [0.3, 0.4) is 0 Å². The van der Waals surface area contributed by atoms with Crippen molar-refractivity contribution in [2.24, 2.45) is 0 Å². The molecule has 0 spiro atoms. The molecule has 288 valence electrons. The monoisotopic (exact) mass is 763 g/mol. The van der Waals surface area contributed by atoms with Crippen molar-refractivity contribution in [2.45, 2.75) is 94.5 Å². The van der Waals surface area contributed by atoms with Crippen LogP contribution in [0.2, 0.25) is 5.02 Å². The van der Waals surface area contributed by atoms with Crippen molar-refractivity contribution in [1.82, 2.24) is 30.7 Å². The molecule has 6 rings (SSSR count). The summed E-state index contributed by atoms with van der Waals surface area (Å²) >= 11 is 6.24. The lowest BCUT2D eigenvalue weighted by molar-refractivity contribution is -0.158. The Kier molecular flexibility index (Phi) is 12.4. The highest BCUT2D eigenvalue weighted by molar-refractivity contribution is 6.33.